The number of amides is 2. The third kappa shape index (κ3) is 5.71. The summed E-state index contributed by atoms with van der Waals surface area (Å²) in [7, 11) is 0. The summed E-state index contributed by atoms with van der Waals surface area (Å²) in [6.07, 6.45) is 0.546. The van der Waals surface area contributed by atoms with Gasteiger partial charge in [0, 0.05) is 11.8 Å². The zero-order valence-corrected chi connectivity index (χ0v) is 17.3. The molecule has 1 aliphatic heterocycles. The number of carbonyl (C=O) groups is 2. The SMILES string of the molecule is CC1CC(=O)N(C(=O)OC(C)(C)C)NC1c1ccc(OCCCBr)cc1. The van der Waals surface area contributed by atoms with Gasteiger partial charge in [-0.25, -0.2) is 10.2 Å². The Kier molecular flexibility index (Phi) is 7.06. The van der Waals surface area contributed by atoms with Crippen molar-refractivity contribution >= 4 is 27.9 Å². The van der Waals surface area contributed by atoms with Gasteiger partial charge in [-0.15, -0.1) is 0 Å². The van der Waals surface area contributed by atoms with Crippen molar-refractivity contribution in [2.45, 2.75) is 52.2 Å². The number of imide groups is 1. The van der Waals surface area contributed by atoms with Crippen LogP contribution in [-0.4, -0.2) is 34.5 Å². The van der Waals surface area contributed by atoms with E-state index in [0.717, 1.165) is 28.1 Å². The van der Waals surface area contributed by atoms with Crippen LogP contribution in [0.4, 0.5) is 4.79 Å². The van der Waals surface area contributed by atoms with Crippen molar-refractivity contribution in [3.8, 4) is 5.75 Å². The van der Waals surface area contributed by atoms with Crippen LogP contribution >= 0.6 is 15.9 Å². The van der Waals surface area contributed by atoms with Crippen molar-refractivity contribution in [1.29, 1.82) is 0 Å². The van der Waals surface area contributed by atoms with Crippen LogP contribution in [0.25, 0.3) is 0 Å². The lowest BCUT2D eigenvalue weighted by atomic mass is 9.90. The molecule has 1 aromatic rings. The van der Waals surface area contributed by atoms with Crippen LogP contribution in [0.2, 0.25) is 0 Å². The van der Waals surface area contributed by atoms with Gasteiger partial charge in [0.2, 0.25) is 5.91 Å². The highest BCUT2D eigenvalue weighted by Gasteiger charge is 2.37. The molecule has 1 heterocycles. The average Bonchev–Trinajstić information content (AvgIpc) is 2.54. The minimum atomic E-state index is -0.672. The molecule has 1 saturated heterocycles. The Hall–Kier alpha value is -1.60. The predicted molar refractivity (Wildman–Crippen MR) is 103 cm³/mol. The lowest BCUT2D eigenvalue weighted by Crippen LogP contribution is -2.55. The molecule has 0 saturated carbocycles. The molecule has 2 atom stereocenters. The fourth-order valence-electron chi connectivity index (χ4n) is 2.70. The van der Waals surface area contributed by atoms with Crippen LogP contribution in [0.1, 0.15) is 52.1 Å². The zero-order valence-electron chi connectivity index (χ0n) is 15.8. The van der Waals surface area contributed by atoms with Gasteiger partial charge in [0.15, 0.2) is 0 Å². The molecule has 2 unspecified atom stereocenters. The first-order valence-corrected chi connectivity index (χ1v) is 9.94. The fraction of sp³-hybridized carbons (Fsp3) is 0.579. The highest BCUT2D eigenvalue weighted by molar-refractivity contribution is 9.09. The largest absolute Gasteiger partial charge is 0.494 e. The Bertz CT molecular complexity index is 627. The Morgan fingerprint density at radius 1 is 1.31 bits per heavy atom. The van der Waals surface area contributed by atoms with E-state index in [1.165, 1.54) is 0 Å². The molecule has 144 valence electrons. The summed E-state index contributed by atoms with van der Waals surface area (Å²) < 4.78 is 11.0. The van der Waals surface area contributed by atoms with Gasteiger partial charge < -0.3 is 9.47 Å². The third-order valence-electron chi connectivity index (χ3n) is 3.95. The molecule has 0 aliphatic carbocycles. The number of hydrogen-bond donors (Lipinski definition) is 1. The van der Waals surface area contributed by atoms with E-state index in [4.69, 9.17) is 9.47 Å². The lowest BCUT2D eigenvalue weighted by Gasteiger charge is -2.37. The molecule has 2 amide bonds. The van der Waals surface area contributed by atoms with E-state index in [9.17, 15) is 9.59 Å². The second-order valence-electron chi connectivity index (χ2n) is 7.46. The van der Waals surface area contributed by atoms with Crippen molar-refractivity contribution in [3.05, 3.63) is 29.8 Å². The van der Waals surface area contributed by atoms with Crippen molar-refractivity contribution in [2.75, 3.05) is 11.9 Å². The van der Waals surface area contributed by atoms with Crippen LogP contribution in [0.5, 0.6) is 5.75 Å². The first-order chi connectivity index (χ1) is 12.2. The summed E-state index contributed by atoms with van der Waals surface area (Å²) >= 11 is 3.38. The molecule has 1 aliphatic rings. The second-order valence-corrected chi connectivity index (χ2v) is 8.25. The summed E-state index contributed by atoms with van der Waals surface area (Å²) in [5.41, 5.74) is 3.36. The second kappa shape index (κ2) is 8.86. The standard InChI is InChI=1S/C19H27BrN2O4/c1-13-12-16(23)22(18(24)26-19(2,3)4)21-17(13)14-6-8-15(9-7-14)25-11-5-10-20/h6-9,13,17,21H,5,10-12H2,1-4H3. The van der Waals surface area contributed by atoms with Gasteiger partial charge in [-0.05, 0) is 50.8 Å². The van der Waals surface area contributed by atoms with Crippen molar-refractivity contribution in [1.82, 2.24) is 10.4 Å². The number of carbonyl (C=O) groups excluding carboxylic acids is 2. The molecule has 6 nitrogen and oxygen atoms in total. The Labute approximate surface area is 163 Å². The highest BCUT2D eigenvalue weighted by atomic mass is 79.9. The maximum atomic E-state index is 12.3. The molecule has 1 aromatic carbocycles. The fourth-order valence-corrected chi connectivity index (χ4v) is 2.93. The molecule has 0 bridgehead atoms. The van der Waals surface area contributed by atoms with Crippen molar-refractivity contribution in [3.63, 3.8) is 0 Å². The minimum Gasteiger partial charge on any atom is -0.494 e. The maximum Gasteiger partial charge on any atom is 0.432 e. The van der Waals surface area contributed by atoms with E-state index >= 15 is 0 Å². The number of benzene rings is 1. The Morgan fingerprint density at radius 3 is 2.54 bits per heavy atom. The van der Waals surface area contributed by atoms with Crippen LogP contribution < -0.4 is 10.2 Å². The van der Waals surface area contributed by atoms with Crippen LogP contribution in [0.3, 0.4) is 0 Å². The van der Waals surface area contributed by atoms with Gasteiger partial charge in [-0.3, -0.25) is 4.79 Å². The number of halogens is 1. The van der Waals surface area contributed by atoms with E-state index in [-0.39, 0.29) is 24.3 Å². The first kappa shape index (κ1) is 20.7. The third-order valence-corrected chi connectivity index (χ3v) is 4.51. The number of hydrazine groups is 1. The topological polar surface area (TPSA) is 67.9 Å². The van der Waals surface area contributed by atoms with Crippen LogP contribution in [-0.2, 0) is 9.53 Å². The Balaban J connectivity index is 2.08. The molecule has 2 rings (SSSR count). The van der Waals surface area contributed by atoms with E-state index in [1.807, 2.05) is 31.2 Å². The number of nitrogens with one attached hydrogen (secondary N) is 1. The number of rotatable bonds is 5. The van der Waals surface area contributed by atoms with E-state index in [2.05, 4.69) is 21.4 Å². The van der Waals surface area contributed by atoms with Gasteiger partial charge in [0.25, 0.3) is 0 Å². The summed E-state index contributed by atoms with van der Waals surface area (Å²) in [5.74, 6) is 0.581. The zero-order chi connectivity index (χ0) is 19.3. The molecule has 26 heavy (non-hydrogen) atoms. The molecule has 7 heteroatoms. The van der Waals surface area contributed by atoms with Crippen LogP contribution in [0, 0.1) is 5.92 Å². The van der Waals surface area contributed by atoms with Crippen LogP contribution in [0.15, 0.2) is 24.3 Å². The van der Waals surface area contributed by atoms with Crippen molar-refractivity contribution in [2.24, 2.45) is 5.92 Å². The normalized spacial score (nSPS) is 20.8. The van der Waals surface area contributed by atoms with Gasteiger partial charge >= 0.3 is 6.09 Å². The van der Waals surface area contributed by atoms with Gasteiger partial charge in [-0.1, -0.05) is 35.0 Å². The Morgan fingerprint density at radius 2 is 1.96 bits per heavy atom. The smallest absolute Gasteiger partial charge is 0.432 e. The highest BCUT2D eigenvalue weighted by Crippen LogP contribution is 2.31. The van der Waals surface area contributed by atoms with E-state index in [1.54, 1.807) is 20.8 Å². The molecule has 1 N–H and O–H groups in total. The summed E-state index contributed by atoms with van der Waals surface area (Å²) in [6, 6.07) is 7.58. The van der Waals surface area contributed by atoms with Gasteiger partial charge in [0.05, 0.1) is 12.6 Å². The number of nitrogens with zero attached hydrogens (tertiary/aromatic N) is 1. The molecule has 1 fully saturated rings. The quantitative estimate of drug-likeness (QED) is 0.564. The molecular formula is C19H27BrN2O4. The first-order valence-electron chi connectivity index (χ1n) is 8.82. The van der Waals surface area contributed by atoms with E-state index < -0.39 is 11.7 Å². The predicted octanol–water partition coefficient (Wildman–Crippen LogP) is 4.20. The monoisotopic (exact) mass is 426 g/mol. The summed E-state index contributed by atoms with van der Waals surface area (Å²) in [5, 5.41) is 1.90. The minimum absolute atomic E-state index is 0.0568. The molecule has 0 aromatic heterocycles. The van der Waals surface area contributed by atoms with Gasteiger partial charge in [-0.2, -0.15) is 5.01 Å². The number of hydrogen-bond acceptors (Lipinski definition) is 5. The maximum absolute atomic E-state index is 12.3. The molecule has 0 radical (unpaired) electrons. The number of ether oxygens (including phenoxy) is 2. The molecular weight excluding hydrogens is 400 g/mol. The summed E-state index contributed by atoms with van der Waals surface area (Å²) in [4.78, 5) is 24.6. The number of alkyl halides is 1. The average molecular weight is 427 g/mol. The molecule has 0 spiro atoms. The summed E-state index contributed by atoms with van der Waals surface area (Å²) in [6.45, 7) is 7.96. The lowest BCUT2D eigenvalue weighted by molar-refractivity contribution is -0.139. The van der Waals surface area contributed by atoms with Gasteiger partial charge in [0.1, 0.15) is 11.4 Å². The van der Waals surface area contributed by atoms with E-state index in [0.29, 0.717) is 6.61 Å². The van der Waals surface area contributed by atoms with Crippen molar-refractivity contribution < 1.29 is 19.1 Å².